The molecule has 9 heteroatoms. The molecule has 0 unspecified atom stereocenters. The molecule has 1 heterocycles. The highest BCUT2D eigenvalue weighted by molar-refractivity contribution is 7.89. The van der Waals surface area contributed by atoms with Crippen LogP contribution in [0, 0.1) is 11.6 Å². The van der Waals surface area contributed by atoms with Gasteiger partial charge in [-0.15, -0.1) is 0 Å². The lowest BCUT2D eigenvalue weighted by atomic mass is 10.2. The van der Waals surface area contributed by atoms with E-state index in [9.17, 15) is 22.0 Å². The summed E-state index contributed by atoms with van der Waals surface area (Å²) in [4.78, 5) is 12.5. The summed E-state index contributed by atoms with van der Waals surface area (Å²) >= 11 is 0. The van der Waals surface area contributed by atoms with Crippen LogP contribution in [-0.2, 0) is 14.8 Å². The molecule has 1 aromatic rings. The Morgan fingerprint density at radius 3 is 2.30 bits per heavy atom. The summed E-state index contributed by atoms with van der Waals surface area (Å²) in [6.07, 6.45) is 4.28. The third-order valence-electron chi connectivity index (χ3n) is 5.59. The molecule has 2 fully saturated rings. The fourth-order valence-electron chi connectivity index (χ4n) is 3.89. The van der Waals surface area contributed by atoms with Crippen LogP contribution in [0.3, 0.4) is 0 Å². The van der Waals surface area contributed by atoms with Crippen molar-refractivity contribution in [3.8, 4) is 0 Å². The first-order valence-corrected chi connectivity index (χ1v) is 10.8. The predicted octanol–water partition coefficient (Wildman–Crippen LogP) is 0.301. The van der Waals surface area contributed by atoms with Gasteiger partial charge in [-0.05, 0) is 31.9 Å². The largest absolute Gasteiger partial charge is 0.348 e. The van der Waals surface area contributed by atoms with Crippen molar-refractivity contribution in [1.29, 1.82) is 0 Å². The molecule has 1 aliphatic heterocycles. The second-order valence-corrected chi connectivity index (χ2v) is 9.20. The highest BCUT2D eigenvalue weighted by atomic mass is 32.2. The van der Waals surface area contributed by atoms with E-state index < -0.39 is 26.6 Å². The van der Waals surface area contributed by atoms with Crippen LogP contribution in [0.15, 0.2) is 23.1 Å². The molecule has 1 atom stereocenters. The topological polar surface area (TPSA) is 70.9 Å². The van der Waals surface area contributed by atoms with E-state index in [1.54, 1.807) is 0 Å². The number of quaternary nitrogens is 1. The Balaban J connectivity index is 1.62. The molecule has 0 aromatic heterocycles. The molecule has 27 heavy (non-hydrogen) atoms. The minimum Gasteiger partial charge on any atom is -0.348 e. The minimum absolute atomic E-state index is 0.0200. The zero-order chi connectivity index (χ0) is 19.6. The molecular formula is C18H26F2N3O3S+. The minimum atomic E-state index is -4.24. The Labute approximate surface area is 158 Å². The van der Waals surface area contributed by atoms with Crippen molar-refractivity contribution in [2.24, 2.45) is 0 Å². The standard InChI is InChI=1S/C18H25F2N3O3S/c1-13(18(24)21-14-5-2-3-6-14)22-9-11-23(12-10-22)27(25,26)17-15(19)7-4-8-16(17)20/h4,7-8,13-14H,2-3,5-6,9-12H2,1H3,(H,21,24)/p+1/t13-/m1/s1. The van der Waals surface area contributed by atoms with Crippen LogP contribution < -0.4 is 10.2 Å². The van der Waals surface area contributed by atoms with E-state index in [0.29, 0.717) is 13.1 Å². The monoisotopic (exact) mass is 402 g/mol. The molecule has 150 valence electrons. The van der Waals surface area contributed by atoms with Gasteiger partial charge in [0, 0.05) is 6.04 Å². The van der Waals surface area contributed by atoms with Gasteiger partial charge >= 0.3 is 0 Å². The Bertz CT molecular complexity index is 769. The first kappa shape index (κ1) is 20.2. The third kappa shape index (κ3) is 4.30. The third-order valence-corrected chi connectivity index (χ3v) is 7.54. The van der Waals surface area contributed by atoms with Crippen LogP contribution in [0.5, 0.6) is 0 Å². The highest BCUT2D eigenvalue weighted by Crippen LogP contribution is 2.22. The van der Waals surface area contributed by atoms with Crippen LogP contribution >= 0.6 is 0 Å². The van der Waals surface area contributed by atoms with Gasteiger partial charge in [-0.3, -0.25) is 4.79 Å². The van der Waals surface area contributed by atoms with Crippen LogP contribution in [0.25, 0.3) is 0 Å². The number of rotatable bonds is 5. The van der Waals surface area contributed by atoms with Crippen LogP contribution in [0.2, 0.25) is 0 Å². The van der Waals surface area contributed by atoms with E-state index in [1.807, 2.05) is 6.92 Å². The number of amides is 1. The smallest absolute Gasteiger partial charge is 0.278 e. The number of sulfonamides is 1. The van der Waals surface area contributed by atoms with E-state index in [4.69, 9.17) is 0 Å². The molecule has 6 nitrogen and oxygen atoms in total. The van der Waals surface area contributed by atoms with Crippen molar-refractivity contribution in [2.45, 2.75) is 49.6 Å². The van der Waals surface area contributed by atoms with E-state index >= 15 is 0 Å². The predicted molar refractivity (Wildman–Crippen MR) is 95.7 cm³/mol. The lowest BCUT2D eigenvalue weighted by molar-refractivity contribution is -0.917. The molecule has 0 radical (unpaired) electrons. The van der Waals surface area contributed by atoms with E-state index in [0.717, 1.165) is 53.1 Å². The Hall–Kier alpha value is -1.58. The lowest BCUT2D eigenvalue weighted by Crippen LogP contribution is -3.19. The second kappa shape index (κ2) is 8.20. The zero-order valence-electron chi connectivity index (χ0n) is 15.4. The van der Waals surface area contributed by atoms with Crippen LogP contribution in [-0.4, -0.2) is 56.9 Å². The van der Waals surface area contributed by atoms with Crippen molar-refractivity contribution in [1.82, 2.24) is 9.62 Å². The van der Waals surface area contributed by atoms with Crippen molar-refractivity contribution in [3.63, 3.8) is 0 Å². The summed E-state index contributed by atoms with van der Waals surface area (Å²) in [6, 6.07) is 2.96. The molecule has 1 aromatic carbocycles. The van der Waals surface area contributed by atoms with E-state index in [2.05, 4.69) is 5.32 Å². The van der Waals surface area contributed by atoms with Crippen molar-refractivity contribution in [3.05, 3.63) is 29.8 Å². The summed E-state index contributed by atoms with van der Waals surface area (Å²) in [5.74, 6) is -2.20. The van der Waals surface area contributed by atoms with Crippen LogP contribution in [0.1, 0.15) is 32.6 Å². The van der Waals surface area contributed by atoms with E-state index in [-0.39, 0.29) is 31.1 Å². The number of nitrogens with zero attached hydrogens (tertiary/aromatic N) is 1. The first-order valence-electron chi connectivity index (χ1n) is 9.40. The quantitative estimate of drug-likeness (QED) is 0.744. The number of nitrogens with one attached hydrogen (secondary N) is 2. The molecule has 0 bridgehead atoms. The fourth-order valence-corrected chi connectivity index (χ4v) is 5.44. The van der Waals surface area contributed by atoms with Crippen LogP contribution in [0.4, 0.5) is 8.78 Å². The second-order valence-electron chi connectivity index (χ2n) is 7.32. The van der Waals surface area contributed by atoms with Gasteiger partial charge in [0.2, 0.25) is 10.0 Å². The number of carbonyl (C=O) groups is 1. The zero-order valence-corrected chi connectivity index (χ0v) is 16.2. The maximum Gasteiger partial charge on any atom is 0.278 e. The summed E-state index contributed by atoms with van der Waals surface area (Å²) in [5.41, 5.74) is 0. The Morgan fingerprint density at radius 1 is 1.19 bits per heavy atom. The molecule has 1 amide bonds. The molecule has 1 aliphatic carbocycles. The number of benzene rings is 1. The SMILES string of the molecule is C[C@H](C(=O)NC1CCCC1)[NH+]1CCN(S(=O)(=O)c2c(F)cccc2F)CC1. The molecular weight excluding hydrogens is 376 g/mol. The summed E-state index contributed by atoms with van der Waals surface area (Å²) in [7, 11) is -4.24. The fraction of sp³-hybridized carbons (Fsp3) is 0.611. The molecule has 2 aliphatic rings. The van der Waals surface area contributed by atoms with Gasteiger partial charge in [0.15, 0.2) is 10.9 Å². The van der Waals surface area contributed by atoms with Gasteiger partial charge in [-0.2, -0.15) is 4.31 Å². The average Bonchev–Trinajstić information content (AvgIpc) is 3.14. The van der Waals surface area contributed by atoms with Crippen molar-refractivity contribution >= 4 is 15.9 Å². The van der Waals surface area contributed by atoms with Gasteiger partial charge in [0.05, 0.1) is 26.2 Å². The molecule has 2 N–H and O–H groups in total. The van der Waals surface area contributed by atoms with Gasteiger partial charge in [0.1, 0.15) is 11.6 Å². The number of hydrogen-bond donors (Lipinski definition) is 2. The first-order chi connectivity index (χ1) is 12.8. The van der Waals surface area contributed by atoms with Gasteiger partial charge < -0.3 is 10.2 Å². The summed E-state index contributed by atoms with van der Waals surface area (Å²) in [6.45, 7) is 2.89. The van der Waals surface area contributed by atoms with Gasteiger partial charge in [-0.25, -0.2) is 17.2 Å². The maximum absolute atomic E-state index is 13.9. The maximum atomic E-state index is 13.9. The number of piperazine rings is 1. The molecule has 1 saturated carbocycles. The summed E-state index contributed by atoms with van der Waals surface area (Å²) < 4.78 is 54.2. The Morgan fingerprint density at radius 2 is 1.74 bits per heavy atom. The number of carbonyl (C=O) groups excluding carboxylic acids is 1. The van der Waals surface area contributed by atoms with Crippen molar-refractivity contribution in [2.75, 3.05) is 26.2 Å². The van der Waals surface area contributed by atoms with Gasteiger partial charge in [-0.1, -0.05) is 18.9 Å². The Kier molecular flexibility index (Phi) is 6.12. The number of halogens is 2. The normalized spacial score (nSPS) is 21.3. The van der Waals surface area contributed by atoms with Crippen molar-refractivity contribution < 1.29 is 26.9 Å². The molecule has 0 spiro atoms. The summed E-state index contributed by atoms with van der Waals surface area (Å²) in [5, 5.41) is 3.07. The lowest BCUT2D eigenvalue weighted by Gasteiger charge is -2.34. The highest BCUT2D eigenvalue weighted by Gasteiger charge is 2.37. The number of hydrogen-bond acceptors (Lipinski definition) is 3. The van der Waals surface area contributed by atoms with Gasteiger partial charge in [0.25, 0.3) is 5.91 Å². The average molecular weight is 402 g/mol. The molecule has 3 rings (SSSR count). The van der Waals surface area contributed by atoms with E-state index in [1.165, 1.54) is 0 Å². The molecule has 1 saturated heterocycles.